The molecule has 1 unspecified atom stereocenters. The van der Waals surface area contributed by atoms with E-state index in [1.54, 1.807) is 0 Å². The lowest BCUT2D eigenvalue weighted by molar-refractivity contribution is -0.161. The van der Waals surface area contributed by atoms with Crippen molar-refractivity contribution >= 4 is 5.97 Å². The van der Waals surface area contributed by atoms with Crippen molar-refractivity contribution in [3.63, 3.8) is 0 Å². The summed E-state index contributed by atoms with van der Waals surface area (Å²) in [6.07, 6.45) is 8.98. The highest BCUT2D eigenvalue weighted by atomic mass is 16.6. The number of hydrogen-bond donors (Lipinski definition) is 0. The van der Waals surface area contributed by atoms with Crippen molar-refractivity contribution in [2.45, 2.75) is 99.0 Å². The Bertz CT molecular complexity index is 315. The predicted molar refractivity (Wildman–Crippen MR) is 97.6 cm³/mol. The number of carbonyl (C=O) groups is 1. The van der Waals surface area contributed by atoms with Crippen LogP contribution in [0.2, 0.25) is 0 Å². The summed E-state index contributed by atoms with van der Waals surface area (Å²) in [5.74, 6) is 0.142. The second kappa shape index (κ2) is 11.1. The van der Waals surface area contributed by atoms with Gasteiger partial charge in [0, 0.05) is 0 Å². The van der Waals surface area contributed by atoms with Crippen LogP contribution in [-0.2, 0) is 14.3 Å². The zero-order valence-corrected chi connectivity index (χ0v) is 16.7. The molecular formula is C20H40O3. The van der Waals surface area contributed by atoms with Crippen molar-refractivity contribution in [2.75, 3.05) is 13.2 Å². The summed E-state index contributed by atoms with van der Waals surface area (Å²) in [6, 6.07) is 0. The van der Waals surface area contributed by atoms with E-state index in [1.165, 1.54) is 38.5 Å². The molecule has 0 fully saturated rings. The van der Waals surface area contributed by atoms with Crippen LogP contribution in [0.5, 0.6) is 0 Å². The van der Waals surface area contributed by atoms with Crippen molar-refractivity contribution in [2.24, 2.45) is 11.3 Å². The van der Waals surface area contributed by atoms with Crippen molar-refractivity contribution in [1.82, 2.24) is 0 Å². The number of rotatable bonds is 12. The van der Waals surface area contributed by atoms with E-state index in [1.807, 2.05) is 6.92 Å². The van der Waals surface area contributed by atoms with Crippen LogP contribution in [0.25, 0.3) is 0 Å². The average Bonchev–Trinajstić information content (AvgIpc) is 2.43. The molecule has 3 nitrogen and oxygen atoms in total. The normalized spacial score (nSPS) is 13.9. The van der Waals surface area contributed by atoms with Gasteiger partial charge in [-0.05, 0) is 38.5 Å². The highest BCUT2D eigenvalue weighted by Crippen LogP contribution is 2.40. The number of ether oxygens (including phenoxy) is 2. The van der Waals surface area contributed by atoms with Gasteiger partial charge in [-0.15, -0.1) is 0 Å². The zero-order valence-electron chi connectivity index (χ0n) is 16.7. The van der Waals surface area contributed by atoms with Crippen molar-refractivity contribution in [3.05, 3.63) is 0 Å². The van der Waals surface area contributed by atoms with Crippen LogP contribution in [0, 0.1) is 11.3 Å². The summed E-state index contributed by atoms with van der Waals surface area (Å²) in [7, 11) is 0. The molecule has 0 aliphatic carbocycles. The maximum atomic E-state index is 11.6. The predicted octanol–water partition coefficient (Wildman–Crippen LogP) is 5.76. The maximum absolute atomic E-state index is 11.6. The lowest BCUT2D eigenvalue weighted by Crippen LogP contribution is -2.43. The number of unbranched alkanes of at least 4 members (excludes halogenated alkanes) is 5. The second-order valence-electron chi connectivity index (χ2n) is 8.17. The third-order valence-electron chi connectivity index (χ3n) is 4.60. The topological polar surface area (TPSA) is 35.5 Å². The van der Waals surface area contributed by atoms with E-state index in [2.05, 4.69) is 41.5 Å². The first-order valence-corrected chi connectivity index (χ1v) is 9.44. The molecule has 0 rings (SSSR count). The Morgan fingerprint density at radius 1 is 0.913 bits per heavy atom. The van der Waals surface area contributed by atoms with Gasteiger partial charge in [0.2, 0.25) is 0 Å². The lowest BCUT2D eigenvalue weighted by atomic mass is 9.69. The summed E-state index contributed by atoms with van der Waals surface area (Å²) in [4.78, 5) is 11.6. The lowest BCUT2D eigenvalue weighted by Gasteiger charge is -2.42. The minimum Gasteiger partial charge on any atom is -0.464 e. The molecule has 1 atom stereocenters. The third kappa shape index (κ3) is 10.0. The van der Waals surface area contributed by atoms with E-state index in [9.17, 15) is 4.79 Å². The Balaban J connectivity index is 4.47. The fourth-order valence-corrected chi connectivity index (χ4v) is 3.50. The first kappa shape index (κ1) is 22.4. The Morgan fingerprint density at radius 3 is 2.00 bits per heavy atom. The Labute approximate surface area is 144 Å². The summed E-state index contributed by atoms with van der Waals surface area (Å²) in [5.41, 5.74) is -0.171. The average molecular weight is 329 g/mol. The Morgan fingerprint density at radius 2 is 1.48 bits per heavy atom. The molecule has 0 radical (unpaired) electrons. The van der Waals surface area contributed by atoms with Gasteiger partial charge in [-0.3, -0.25) is 0 Å². The highest BCUT2D eigenvalue weighted by molar-refractivity contribution is 5.70. The first-order valence-electron chi connectivity index (χ1n) is 9.44. The van der Waals surface area contributed by atoms with Gasteiger partial charge in [-0.1, -0.05) is 66.2 Å². The molecule has 0 spiro atoms. The zero-order chi connectivity index (χ0) is 17.9. The molecule has 0 aromatic heterocycles. The largest absolute Gasteiger partial charge is 0.464 e. The molecule has 0 amide bonds. The van der Waals surface area contributed by atoms with Crippen LogP contribution >= 0.6 is 0 Å². The molecule has 0 saturated carbocycles. The van der Waals surface area contributed by atoms with Crippen LogP contribution in [0.4, 0.5) is 0 Å². The first-order chi connectivity index (χ1) is 10.6. The van der Waals surface area contributed by atoms with Crippen LogP contribution in [0.3, 0.4) is 0 Å². The van der Waals surface area contributed by atoms with Gasteiger partial charge in [0.05, 0.1) is 12.2 Å². The minimum atomic E-state index is -0.325. The molecule has 23 heavy (non-hydrogen) atoms. The number of esters is 1. The van der Waals surface area contributed by atoms with Crippen molar-refractivity contribution < 1.29 is 14.3 Å². The van der Waals surface area contributed by atoms with E-state index in [0.717, 1.165) is 6.42 Å². The molecule has 3 heteroatoms. The molecular weight excluding hydrogens is 288 g/mol. The number of carbonyl (C=O) groups excluding carboxylic acids is 1. The molecule has 0 heterocycles. The highest BCUT2D eigenvalue weighted by Gasteiger charge is 2.38. The molecule has 0 aliphatic rings. The molecule has 0 saturated heterocycles. The van der Waals surface area contributed by atoms with Crippen LogP contribution < -0.4 is 0 Å². The van der Waals surface area contributed by atoms with Crippen LogP contribution in [0.1, 0.15) is 93.4 Å². The van der Waals surface area contributed by atoms with E-state index in [-0.39, 0.29) is 23.6 Å². The molecule has 0 aliphatic heterocycles. The summed E-state index contributed by atoms with van der Waals surface area (Å²) >= 11 is 0. The summed E-state index contributed by atoms with van der Waals surface area (Å²) in [6.45, 7) is 15.5. The van der Waals surface area contributed by atoms with Crippen LogP contribution in [0.15, 0.2) is 0 Å². The van der Waals surface area contributed by atoms with Crippen LogP contribution in [-0.4, -0.2) is 24.8 Å². The van der Waals surface area contributed by atoms with E-state index >= 15 is 0 Å². The fraction of sp³-hybridized carbons (Fsp3) is 0.950. The third-order valence-corrected chi connectivity index (χ3v) is 4.60. The van der Waals surface area contributed by atoms with Gasteiger partial charge in [-0.2, -0.15) is 0 Å². The SMILES string of the molecule is CCCCCCCCC(C(C)(C)C)C(C)(C)OCC(=O)OCC. The molecule has 138 valence electrons. The molecule has 0 N–H and O–H groups in total. The quantitative estimate of drug-likeness (QED) is 0.337. The minimum absolute atomic E-state index is 0.0456. The van der Waals surface area contributed by atoms with Gasteiger partial charge in [0.15, 0.2) is 0 Å². The van der Waals surface area contributed by atoms with Gasteiger partial charge >= 0.3 is 5.97 Å². The Hall–Kier alpha value is -0.570. The molecule has 0 bridgehead atoms. The van der Waals surface area contributed by atoms with Gasteiger partial charge in [-0.25, -0.2) is 4.79 Å². The van der Waals surface area contributed by atoms with Gasteiger partial charge in [0.25, 0.3) is 0 Å². The van der Waals surface area contributed by atoms with Crippen molar-refractivity contribution in [1.29, 1.82) is 0 Å². The second-order valence-corrected chi connectivity index (χ2v) is 8.17. The van der Waals surface area contributed by atoms with E-state index < -0.39 is 0 Å². The smallest absolute Gasteiger partial charge is 0.332 e. The molecule has 0 aromatic rings. The van der Waals surface area contributed by atoms with Gasteiger partial charge in [0.1, 0.15) is 6.61 Å². The molecule has 0 aromatic carbocycles. The van der Waals surface area contributed by atoms with Crippen molar-refractivity contribution in [3.8, 4) is 0 Å². The van der Waals surface area contributed by atoms with Gasteiger partial charge < -0.3 is 9.47 Å². The number of hydrogen-bond acceptors (Lipinski definition) is 3. The standard InChI is InChI=1S/C20H40O3/c1-8-10-11-12-13-14-15-17(19(3,4)5)20(6,7)23-16-18(21)22-9-2/h17H,8-16H2,1-7H3. The maximum Gasteiger partial charge on any atom is 0.332 e. The Kier molecular flexibility index (Phi) is 10.8. The fourth-order valence-electron chi connectivity index (χ4n) is 3.50. The monoisotopic (exact) mass is 328 g/mol. The summed E-state index contributed by atoms with van der Waals surface area (Å²) in [5, 5.41) is 0. The van der Waals surface area contributed by atoms with E-state index in [4.69, 9.17) is 9.47 Å². The summed E-state index contributed by atoms with van der Waals surface area (Å²) < 4.78 is 10.9. The van der Waals surface area contributed by atoms with E-state index in [0.29, 0.717) is 12.5 Å².